The largest absolute Gasteiger partial charge is 0.490 e. The standard InChI is InChI=1S/C17H18N2O4/c1-22-16-12-23-15(11-14(16)20)17(21)19-9-7-18(8-10-19)13-5-3-2-4-6-13/h2-6,11-12H,7-10H2,1H3. The molecular formula is C17H18N2O4. The summed E-state index contributed by atoms with van der Waals surface area (Å²) in [5.74, 6) is -0.128. The van der Waals surface area contributed by atoms with Crippen molar-refractivity contribution in [2.45, 2.75) is 0 Å². The fourth-order valence-corrected chi connectivity index (χ4v) is 2.62. The summed E-state index contributed by atoms with van der Waals surface area (Å²) in [4.78, 5) is 28.1. The Morgan fingerprint density at radius 2 is 1.83 bits per heavy atom. The van der Waals surface area contributed by atoms with Gasteiger partial charge in [-0.1, -0.05) is 18.2 Å². The van der Waals surface area contributed by atoms with Gasteiger partial charge in [0.1, 0.15) is 6.26 Å². The van der Waals surface area contributed by atoms with Crippen LogP contribution in [-0.4, -0.2) is 44.1 Å². The molecule has 120 valence electrons. The summed E-state index contributed by atoms with van der Waals surface area (Å²) < 4.78 is 10.1. The van der Waals surface area contributed by atoms with Crippen molar-refractivity contribution in [1.82, 2.24) is 4.90 Å². The van der Waals surface area contributed by atoms with Gasteiger partial charge in [0.2, 0.25) is 11.2 Å². The van der Waals surface area contributed by atoms with Crippen LogP contribution >= 0.6 is 0 Å². The van der Waals surface area contributed by atoms with Crippen molar-refractivity contribution >= 4 is 11.6 Å². The highest BCUT2D eigenvalue weighted by Gasteiger charge is 2.24. The van der Waals surface area contributed by atoms with E-state index < -0.39 is 0 Å². The smallest absolute Gasteiger partial charge is 0.289 e. The van der Waals surface area contributed by atoms with Crippen molar-refractivity contribution in [3.05, 3.63) is 58.6 Å². The number of carbonyl (C=O) groups is 1. The van der Waals surface area contributed by atoms with E-state index in [0.717, 1.165) is 18.8 Å². The predicted molar refractivity (Wildman–Crippen MR) is 86.1 cm³/mol. The van der Waals surface area contributed by atoms with Crippen LogP contribution in [0.15, 0.2) is 51.9 Å². The number of para-hydroxylation sites is 1. The van der Waals surface area contributed by atoms with E-state index in [1.165, 1.54) is 19.4 Å². The van der Waals surface area contributed by atoms with E-state index >= 15 is 0 Å². The quantitative estimate of drug-likeness (QED) is 0.861. The number of amides is 1. The number of methoxy groups -OCH3 is 1. The lowest BCUT2D eigenvalue weighted by Gasteiger charge is -2.35. The van der Waals surface area contributed by atoms with Gasteiger partial charge in [-0.15, -0.1) is 0 Å². The van der Waals surface area contributed by atoms with Gasteiger partial charge in [0.05, 0.1) is 7.11 Å². The van der Waals surface area contributed by atoms with Crippen molar-refractivity contribution in [3.63, 3.8) is 0 Å². The summed E-state index contributed by atoms with van der Waals surface area (Å²) in [6, 6.07) is 11.3. The maximum Gasteiger partial charge on any atom is 0.289 e. The number of carbonyl (C=O) groups excluding carboxylic acids is 1. The molecule has 3 rings (SSSR count). The van der Waals surface area contributed by atoms with E-state index in [0.29, 0.717) is 13.1 Å². The molecule has 2 aromatic rings. The van der Waals surface area contributed by atoms with Crippen molar-refractivity contribution in [1.29, 1.82) is 0 Å². The molecule has 1 aromatic carbocycles. The van der Waals surface area contributed by atoms with Gasteiger partial charge < -0.3 is 19.0 Å². The highest BCUT2D eigenvalue weighted by Crippen LogP contribution is 2.17. The molecule has 6 heteroatoms. The van der Waals surface area contributed by atoms with Gasteiger partial charge in [0.15, 0.2) is 5.76 Å². The zero-order valence-electron chi connectivity index (χ0n) is 12.9. The second kappa shape index (κ2) is 6.56. The maximum absolute atomic E-state index is 12.4. The summed E-state index contributed by atoms with van der Waals surface area (Å²) in [5, 5.41) is 0. The molecule has 1 aliphatic heterocycles. The van der Waals surface area contributed by atoms with E-state index in [2.05, 4.69) is 17.0 Å². The molecule has 0 bridgehead atoms. The summed E-state index contributed by atoms with van der Waals surface area (Å²) in [7, 11) is 1.39. The first-order valence-electron chi connectivity index (χ1n) is 7.45. The van der Waals surface area contributed by atoms with Crippen LogP contribution in [-0.2, 0) is 0 Å². The third kappa shape index (κ3) is 3.21. The van der Waals surface area contributed by atoms with Crippen LogP contribution in [0.2, 0.25) is 0 Å². The number of ether oxygens (including phenoxy) is 1. The molecule has 0 N–H and O–H groups in total. The first-order valence-corrected chi connectivity index (χ1v) is 7.45. The lowest BCUT2D eigenvalue weighted by Crippen LogP contribution is -2.48. The van der Waals surface area contributed by atoms with Crippen molar-refractivity contribution in [3.8, 4) is 5.75 Å². The number of anilines is 1. The van der Waals surface area contributed by atoms with E-state index in [4.69, 9.17) is 9.15 Å². The van der Waals surface area contributed by atoms with Gasteiger partial charge in [-0.25, -0.2) is 0 Å². The second-order valence-electron chi connectivity index (χ2n) is 5.29. The van der Waals surface area contributed by atoms with Gasteiger partial charge >= 0.3 is 0 Å². The molecule has 0 spiro atoms. The van der Waals surface area contributed by atoms with E-state index in [-0.39, 0.29) is 22.8 Å². The Hall–Kier alpha value is -2.76. The van der Waals surface area contributed by atoms with Crippen LogP contribution in [0.4, 0.5) is 5.69 Å². The molecule has 2 heterocycles. The third-order valence-corrected chi connectivity index (χ3v) is 3.92. The molecule has 0 saturated carbocycles. The highest BCUT2D eigenvalue weighted by molar-refractivity contribution is 5.91. The molecule has 1 fully saturated rings. The first kappa shape index (κ1) is 15.1. The molecule has 0 aliphatic carbocycles. The Bertz CT molecular complexity index is 734. The minimum atomic E-state index is -0.356. The Balaban J connectivity index is 1.66. The van der Waals surface area contributed by atoms with Crippen molar-refractivity contribution < 1.29 is 13.9 Å². The normalized spacial score (nSPS) is 14.7. The number of hydrogen-bond donors (Lipinski definition) is 0. The number of hydrogen-bond acceptors (Lipinski definition) is 5. The molecule has 0 atom stereocenters. The summed E-state index contributed by atoms with van der Waals surface area (Å²) in [6.07, 6.45) is 1.18. The second-order valence-corrected chi connectivity index (χ2v) is 5.29. The van der Waals surface area contributed by atoms with Crippen LogP contribution in [0.25, 0.3) is 0 Å². The zero-order valence-corrected chi connectivity index (χ0v) is 12.9. The molecule has 23 heavy (non-hydrogen) atoms. The van der Waals surface area contributed by atoms with Gasteiger partial charge in [-0.3, -0.25) is 9.59 Å². The predicted octanol–water partition coefficient (Wildman–Crippen LogP) is 1.61. The van der Waals surface area contributed by atoms with Crippen molar-refractivity contribution in [2.75, 3.05) is 38.2 Å². The minimum absolute atomic E-state index is 0.0453. The van der Waals surface area contributed by atoms with Gasteiger partial charge in [0.25, 0.3) is 5.91 Å². The molecule has 0 radical (unpaired) electrons. The average molecular weight is 314 g/mol. The van der Waals surface area contributed by atoms with Gasteiger partial charge in [-0.05, 0) is 12.1 Å². The molecule has 1 amide bonds. The summed E-state index contributed by atoms with van der Waals surface area (Å²) in [6.45, 7) is 2.67. The molecule has 0 unspecified atom stereocenters. The Morgan fingerprint density at radius 3 is 2.43 bits per heavy atom. The van der Waals surface area contributed by atoms with Crippen LogP contribution in [0.3, 0.4) is 0 Å². The molecule has 1 saturated heterocycles. The monoisotopic (exact) mass is 314 g/mol. The number of nitrogens with zero attached hydrogens (tertiary/aromatic N) is 2. The third-order valence-electron chi connectivity index (χ3n) is 3.92. The fourth-order valence-electron chi connectivity index (χ4n) is 2.62. The van der Waals surface area contributed by atoms with Crippen molar-refractivity contribution in [2.24, 2.45) is 0 Å². The Kier molecular flexibility index (Phi) is 4.32. The molecule has 1 aromatic heterocycles. The SMILES string of the molecule is COc1coc(C(=O)N2CCN(c3ccccc3)CC2)cc1=O. The lowest BCUT2D eigenvalue weighted by atomic mass is 10.2. The maximum atomic E-state index is 12.4. The van der Waals surface area contributed by atoms with E-state index in [1.54, 1.807) is 4.90 Å². The van der Waals surface area contributed by atoms with Gasteiger partial charge in [0, 0.05) is 37.9 Å². The summed E-state index contributed by atoms with van der Waals surface area (Å²) in [5.41, 5.74) is 0.792. The molecule has 1 aliphatic rings. The number of piperazine rings is 1. The average Bonchev–Trinajstić information content (AvgIpc) is 2.62. The number of rotatable bonds is 3. The fraction of sp³-hybridized carbons (Fsp3) is 0.294. The lowest BCUT2D eigenvalue weighted by molar-refractivity contribution is 0.0711. The molecular weight excluding hydrogens is 296 g/mol. The van der Waals surface area contributed by atoms with Crippen LogP contribution in [0, 0.1) is 0 Å². The number of benzene rings is 1. The first-order chi connectivity index (χ1) is 11.2. The van der Waals surface area contributed by atoms with E-state index in [1.807, 2.05) is 18.2 Å². The van der Waals surface area contributed by atoms with Crippen LogP contribution in [0.1, 0.15) is 10.6 Å². The Labute approximate surface area is 133 Å². The van der Waals surface area contributed by atoms with E-state index in [9.17, 15) is 9.59 Å². The Morgan fingerprint density at radius 1 is 1.13 bits per heavy atom. The molecule has 6 nitrogen and oxygen atoms in total. The van der Waals surface area contributed by atoms with Crippen LogP contribution < -0.4 is 15.1 Å². The summed E-state index contributed by atoms with van der Waals surface area (Å²) >= 11 is 0. The minimum Gasteiger partial charge on any atom is -0.490 e. The highest BCUT2D eigenvalue weighted by atomic mass is 16.5. The van der Waals surface area contributed by atoms with Crippen LogP contribution in [0.5, 0.6) is 5.75 Å². The van der Waals surface area contributed by atoms with Gasteiger partial charge in [-0.2, -0.15) is 0 Å². The zero-order chi connectivity index (χ0) is 16.2. The topological polar surface area (TPSA) is 63.0 Å².